The Hall–Kier alpha value is -2.59. The van der Waals surface area contributed by atoms with E-state index in [1.807, 2.05) is 30.3 Å². The Morgan fingerprint density at radius 2 is 1.71 bits per heavy atom. The number of para-hydroxylation sites is 1. The number of halogens is 1. The first-order valence-corrected chi connectivity index (χ1v) is 6.78. The van der Waals surface area contributed by atoms with Crippen molar-refractivity contribution in [2.24, 2.45) is 0 Å². The van der Waals surface area contributed by atoms with Crippen molar-refractivity contribution in [2.75, 3.05) is 5.43 Å². The number of fused-ring (bicyclic) bond motifs is 1. The van der Waals surface area contributed by atoms with E-state index in [9.17, 15) is 4.79 Å². The molecule has 0 aliphatic heterocycles. The number of nitrogens with zero attached hydrogens (tertiary/aromatic N) is 1. The van der Waals surface area contributed by atoms with Gasteiger partial charge in [-0.1, -0.05) is 35.9 Å². The minimum absolute atomic E-state index is 0.296. The van der Waals surface area contributed by atoms with Gasteiger partial charge in [-0.3, -0.25) is 15.6 Å². The van der Waals surface area contributed by atoms with Crippen LogP contribution in [-0.2, 0) is 0 Å². The van der Waals surface area contributed by atoms with Crippen LogP contribution in [0.2, 0.25) is 5.02 Å². The Labute approximate surface area is 126 Å². The molecule has 0 aliphatic carbocycles. The van der Waals surface area contributed by atoms with E-state index in [1.54, 1.807) is 30.3 Å². The van der Waals surface area contributed by atoms with E-state index in [0.717, 1.165) is 16.6 Å². The van der Waals surface area contributed by atoms with Crippen LogP contribution >= 0.6 is 11.6 Å². The highest BCUT2D eigenvalue weighted by atomic mass is 35.5. The average molecular weight is 298 g/mol. The molecule has 2 N–H and O–H groups in total. The summed E-state index contributed by atoms with van der Waals surface area (Å²) in [5.41, 5.74) is 7.31. The Bertz CT molecular complexity index is 787. The van der Waals surface area contributed by atoms with Crippen molar-refractivity contribution in [2.45, 2.75) is 0 Å². The van der Waals surface area contributed by atoms with E-state index >= 15 is 0 Å². The van der Waals surface area contributed by atoms with Crippen LogP contribution in [0, 0.1) is 0 Å². The SMILES string of the molecule is O=C(NNc1ccc(Cl)cc1)c1ccc2ccccc2n1. The topological polar surface area (TPSA) is 54.0 Å². The summed E-state index contributed by atoms with van der Waals surface area (Å²) in [7, 11) is 0. The Morgan fingerprint density at radius 3 is 2.52 bits per heavy atom. The number of hydrogen-bond donors (Lipinski definition) is 2. The lowest BCUT2D eigenvalue weighted by atomic mass is 10.2. The minimum atomic E-state index is -0.296. The maximum Gasteiger partial charge on any atom is 0.288 e. The number of anilines is 1. The van der Waals surface area contributed by atoms with Crippen molar-refractivity contribution in [1.82, 2.24) is 10.4 Å². The second-order valence-electron chi connectivity index (χ2n) is 4.48. The molecule has 4 nitrogen and oxygen atoms in total. The normalized spacial score (nSPS) is 10.3. The van der Waals surface area contributed by atoms with Crippen LogP contribution in [0.4, 0.5) is 5.69 Å². The molecule has 104 valence electrons. The highest BCUT2D eigenvalue weighted by Crippen LogP contribution is 2.13. The zero-order valence-electron chi connectivity index (χ0n) is 11.0. The van der Waals surface area contributed by atoms with Gasteiger partial charge in [-0.25, -0.2) is 4.98 Å². The molecule has 1 heterocycles. The maximum absolute atomic E-state index is 12.1. The van der Waals surface area contributed by atoms with E-state index in [1.165, 1.54) is 0 Å². The van der Waals surface area contributed by atoms with Crippen LogP contribution < -0.4 is 10.9 Å². The largest absolute Gasteiger partial charge is 0.298 e. The molecule has 2 aromatic carbocycles. The fourth-order valence-electron chi connectivity index (χ4n) is 1.92. The van der Waals surface area contributed by atoms with Gasteiger partial charge in [0.25, 0.3) is 5.91 Å². The summed E-state index contributed by atoms with van der Waals surface area (Å²) in [6.45, 7) is 0. The zero-order chi connectivity index (χ0) is 14.7. The van der Waals surface area contributed by atoms with Crippen molar-refractivity contribution < 1.29 is 4.79 Å². The molecule has 1 aromatic heterocycles. The predicted octanol–water partition coefficient (Wildman–Crippen LogP) is 3.65. The fourth-order valence-corrected chi connectivity index (χ4v) is 2.04. The summed E-state index contributed by atoms with van der Waals surface area (Å²) in [5.74, 6) is -0.296. The number of pyridine rings is 1. The van der Waals surface area contributed by atoms with E-state index in [-0.39, 0.29) is 5.91 Å². The third-order valence-corrected chi connectivity index (χ3v) is 3.25. The van der Waals surface area contributed by atoms with Gasteiger partial charge in [0.1, 0.15) is 5.69 Å². The molecule has 0 unspecified atom stereocenters. The monoisotopic (exact) mass is 297 g/mol. The summed E-state index contributed by atoms with van der Waals surface area (Å²) in [4.78, 5) is 16.4. The molecule has 21 heavy (non-hydrogen) atoms. The molecular formula is C16H12ClN3O. The molecule has 3 rings (SSSR count). The lowest BCUT2D eigenvalue weighted by Crippen LogP contribution is -2.29. The van der Waals surface area contributed by atoms with Gasteiger partial charge in [0.2, 0.25) is 0 Å². The lowest BCUT2D eigenvalue weighted by Gasteiger charge is -2.08. The molecule has 0 atom stereocenters. The molecule has 0 bridgehead atoms. The quantitative estimate of drug-likeness (QED) is 0.726. The number of hydrogen-bond acceptors (Lipinski definition) is 3. The summed E-state index contributed by atoms with van der Waals surface area (Å²) in [6.07, 6.45) is 0. The van der Waals surface area contributed by atoms with Crippen molar-refractivity contribution >= 4 is 34.1 Å². The third-order valence-electron chi connectivity index (χ3n) is 3.00. The molecule has 1 amide bonds. The van der Waals surface area contributed by atoms with Crippen molar-refractivity contribution in [3.8, 4) is 0 Å². The number of rotatable bonds is 3. The van der Waals surface area contributed by atoms with Crippen LogP contribution in [0.1, 0.15) is 10.5 Å². The van der Waals surface area contributed by atoms with E-state index in [0.29, 0.717) is 10.7 Å². The first kappa shape index (κ1) is 13.4. The third kappa shape index (κ3) is 3.12. The molecule has 0 saturated heterocycles. The predicted molar refractivity (Wildman–Crippen MR) is 84.3 cm³/mol. The first-order chi connectivity index (χ1) is 10.2. The molecule has 3 aromatic rings. The van der Waals surface area contributed by atoms with Crippen molar-refractivity contribution in [3.63, 3.8) is 0 Å². The maximum atomic E-state index is 12.1. The molecule has 0 spiro atoms. The molecular weight excluding hydrogens is 286 g/mol. The number of carbonyl (C=O) groups excluding carboxylic acids is 1. The Kier molecular flexibility index (Phi) is 3.71. The molecule has 0 aliphatic rings. The number of benzene rings is 2. The van der Waals surface area contributed by atoms with Gasteiger partial charge >= 0.3 is 0 Å². The minimum Gasteiger partial charge on any atom is -0.298 e. The van der Waals surface area contributed by atoms with Gasteiger partial charge in [0.15, 0.2) is 0 Å². The molecule has 0 fully saturated rings. The highest BCUT2D eigenvalue weighted by molar-refractivity contribution is 6.30. The number of amides is 1. The molecule has 5 heteroatoms. The number of carbonyl (C=O) groups is 1. The van der Waals surface area contributed by atoms with E-state index in [4.69, 9.17) is 11.6 Å². The molecule has 0 radical (unpaired) electrons. The summed E-state index contributed by atoms with van der Waals surface area (Å²) in [5, 5.41) is 1.64. The molecule has 0 saturated carbocycles. The smallest absolute Gasteiger partial charge is 0.288 e. The van der Waals surface area contributed by atoms with Crippen LogP contribution in [0.3, 0.4) is 0 Å². The summed E-state index contributed by atoms with van der Waals surface area (Å²) < 4.78 is 0. The summed E-state index contributed by atoms with van der Waals surface area (Å²) in [6, 6.07) is 18.3. The first-order valence-electron chi connectivity index (χ1n) is 6.40. The number of hydrazine groups is 1. The Morgan fingerprint density at radius 1 is 0.952 bits per heavy atom. The standard InChI is InChI=1S/C16H12ClN3O/c17-12-6-8-13(9-7-12)19-20-16(21)15-10-5-11-3-1-2-4-14(11)18-15/h1-10,19H,(H,20,21). The Balaban J connectivity index is 1.73. The van der Waals surface area contributed by atoms with Gasteiger partial charge in [-0.05, 0) is 36.4 Å². The summed E-state index contributed by atoms with van der Waals surface area (Å²) >= 11 is 5.80. The van der Waals surface area contributed by atoms with Gasteiger partial charge in [0.05, 0.1) is 11.2 Å². The van der Waals surface area contributed by atoms with Gasteiger partial charge in [-0.2, -0.15) is 0 Å². The van der Waals surface area contributed by atoms with Crippen molar-refractivity contribution in [1.29, 1.82) is 0 Å². The van der Waals surface area contributed by atoms with E-state index in [2.05, 4.69) is 15.8 Å². The van der Waals surface area contributed by atoms with E-state index < -0.39 is 0 Å². The van der Waals surface area contributed by atoms with Gasteiger partial charge in [-0.15, -0.1) is 0 Å². The number of aromatic nitrogens is 1. The van der Waals surface area contributed by atoms with Crippen LogP contribution in [0.15, 0.2) is 60.7 Å². The second-order valence-corrected chi connectivity index (χ2v) is 4.91. The van der Waals surface area contributed by atoms with Gasteiger partial charge in [0, 0.05) is 10.4 Å². The average Bonchev–Trinajstić information content (AvgIpc) is 2.53. The van der Waals surface area contributed by atoms with Crippen molar-refractivity contribution in [3.05, 3.63) is 71.4 Å². The highest BCUT2D eigenvalue weighted by Gasteiger charge is 2.07. The lowest BCUT2D eigenvalue weighted by molar-refractivity contribution is 0.0958. The number of nitrogens with one attached hydrogen (secondary N) is 2. The van der Waals surface area contributed by atoms with Crippen LogP contribution in [-0.4, -0.2) is 10.9 Å². The van der Waals surface area contributed by atoms with Crippen LogP contribution in [0.25, 0.3) is 10.9 Å². The van der Waals surface area contributed by atoms with Crippen LogP contribution in [0.5, 0.6) is 0 Å². The zero-order valence-corrected chi connectivity index (χ0v) is 11.8. The van der Waals surface area contributed by atoms with Gasteiger partial charge < -0.3 is 0 Å². The second kappa shape index (κ2) is 5.81. The fraction of sp³-hybridized carbons (Fsp3) is 0.